The molecule has 0 unspecified atom stereocenters. The molecule has 1 aliphatic heterocycles. The molecule has 1 aromatic rings. The van der Waals surface area contributed by atoms with Crippen molar-refractivity contribution in [3.8, 4) is 0 Å². The van der Waals surface area contributed by atoms with Gasteiger partial charge >= 0.3 is 0 Å². The van der Waals surface area contributed by atoms with Gasteiger partial charge in [-0.15, -0.1) is 0 Å². The van der Waals surface area contributed by atoms with Crippen LogP contribution in [0, 0.1) is 12.7 Å². The number of benzene rings is 1. The van der Waals surface area contributed by atoms with E-state index >= 15 is 0 Å². The number of hydrogen-bond acceptors (Lipinski definition) is 4. The number of anilines is 1. The first kappa shape index (κ1) is 14.4. The second-order valence-electron chi connectivity index (χ2n) is 4.40. The normalized spacial score (nSPS) is 18.6. The van der Waals surface area contributed by atoms with E-state index in [0.717, 1.165) is 10.4 Å². The van der Waals surface area contributed by atoms with E-state index in [-0.39, 0.29) is 35.8 Å². The minimum Gasteiger partial charge on any atom is -0.399 e. The Bertz CT molecular complexity index is 621. The zero-order chi connectivity index (χ0) is 14.2. The Kier molecular flexibility index (Phi) is 3.93. The fourth-order valence-corrected chi connectivity index (χ4v) is 4.85. The molecule has 0 atom stereocenters. The highest BCUT2D eigenvalue weighted by Crippen LogP contribution is 2.25. The van der Waals surface area contributed by atoms with Crippen LogP contribution in [0.3, 0.4) is 0 Å². The molecule has 0 amide bonds. The van der Waals surface area contributed by atoms with E-state index in [0.29, 0.717) is 0 Å². The van der Waals surface area contributed by atoms with Crippen molar-refractivity contribution in [3.05, 3.63) is 23.5 Å². The maximum Gasteiger partial charge on any atom is 0.246 e. The summed E-state index contributed by atoms with van der Waals surface area (Å²) in [4.78, 5) is -0.405. The van der Waals surface area contributed by atoms with Gasteiger partial charge in [0.1, 0.15) is 10.7 Å². The summed E-state index contributed by atoms with van der Waals surface area (Å²) in [5.74, 6) is -0.217. The van der Waals surface area contributed by atoms with Crippen LogP contribution in [-0.4, -0.2) is 41.5 Å². The highest BCUT2D eigenvalue weighted by atomic mass is 32.2. The van der Waals surface area contributed by atoms with E-state index in [1.807, 2.05) is 0 Å². The van der Waals surface area contributed by atoms with Crippen molar-refractivity contribution in [2.24, 2.45) is 0 Å². The predicted octanol–water partition coefficient (Wildman–Crippen LogP) is 0.469. The van der Waals surface area contributed by atoms with Crippen LogP contribution in [0.5, 0.6) is 0 Å². The molecule has 1 aromatic carbocycles. The van der Waals surface area contributed by atoms with Gasteiger partial charge in [-0.3, -0.25) is 4.21 Å². The lowest BCUT2D eigenvalue weighted by Gasteiger charge is -2.26. The van der Waals surface area contributed by atoms with Gasteiger partial charge in [0.2, 0.25) is 10.0 Å². The highest BCUT2D eigenvalue weighted by Gasteiger charge is 2.31. The molecule has 5 nitrogen and oxygen atoms in total. The summed E-state index contributed by atoms with van der Waals surface area (Å²) in [5.41, 5.74) is 5.98. The van der Waals surface area contributed by atoms with E-state index in [9.17, 15) is 17.0 Å². The maximum absolute atomic E-state index is 14.0. The van der Waals surface area contributed by atoms with Crippen LogP contribution < -0.4 is 5.73 Å². The fraction of sp³-hybridized carbons (Fsp3) is 0.455. The van der Waals surface area contributed by atoms with Crippen molar-refractivity contribution in [2.75, 3.05) is 30.3 Å². The van der Waals surface area contributed by atoms with Crippen molar-refractivity contribution < 1.29 is 17.0 Å². The molecule has 8 heteroatoms. The molecule has 0 aliphatic carbocycles. The Balaban J connectivity index is 2.42. The molecule has 0 radical (unpaired) electrons. The second kappa shape index (κ2) is 5.18. The van der Waals surface area contributed by atoms with Crippen LogP contribution in [-0.2, 0) is 20.8 Å². The van der Waals surface area contributed by atoms with Gasteiger partial charge in [0.25, 0.3) is 0 Å². The number of sulfonamides is 1. The number of nitrogen functional groups attached to an aromatic ring is 1. The van der Waals surface area contributed by atoms with Crippen LogP contribution in [0.2, 0.25) is 0 Å². The molecule has 19 heavy (non-hydrogen) atoms. The maximum atomic E-state index is 14.0. The van der Waals surface area contributed by atoms with Crippen LogP contribution in [0.25, 0.3) is 0 Å². The number of nitrogens with two attached hydrogens (primary N) is 1. The smallest absolute Gasteiger partial charge is 0.246 e. The van der Waals surface area contributed by atoms with Gasteiger partial charge < -0.3 is 5.73 Å². The summed E-state index contributed by atoms with van der Waals surface area (Å²) in [6.45, 7) is 1.75. The molecule has 0 bridgehead atoms. The van der Waals surface area contributed by atoms with E-state index in [2.05, 4.69) is 0 Å². The number of halogens is 1. The van der Waals surface area contributed by atoms with Gasteiger partial charge in [0.05, 0.1) is 0 Å². The predicted molar refractivity (Wildman–Crippen MR) is 72.2 cm³/mol. The first-order valence-corrected chi connectivity index (χ1v) is 8.66. The summed E-state index contributed by atoms with van der Waals surface area (Å²) in [6, 6.07) is 2.52. The third kappa shape index (κ3) is 2.80. The first-order chi connectivity index (χ1) is 8.82. The zero-order valence-corrected chi connectivity index (χ0v) is 12.1. The standard InChI is InChI=1S/C11H15FN2O3S2/c1-8-6-9(13)7-10(11(8)12)19(16,17)14-2-4-18(15)5-3-14/h6-7H,2-5,13H2,1H3. The van der Waals surface area contributed by atoms with Gasteiger partial charge in [-0.1, -0.05) is 0 Å². The van der Waals surface area contributed by atoms with Crippen molar-refractivity contribution >= 4 is 26.5 Å². The molecular formula is C11H15FN2O3S2. The molecule has 1 aliphatic rings. The molecule has 1 heterocycles. The van der Waals surface area contributed by atoms with Crippen LogP contribution in [0.1, 0.15) is 5.56 Å². The largest absolute Gasteiger partial charge is 0.399 e. The molecule has 0 aromatic heterocycles. The van der Waals surface area contributed by atoms with Gasteiger partial charge in [0.15, 0.2) is 0 Å². The number of hydrogen-bond donors (Lipinski definition) is 1. The minimum absolute atomic E-state index is 0.141. The topological polar surface area (TPSA) is 80.5 Å². The van der Waals surface area contributed by atoms with Gasteiger partial charge in [0, 0.05) is 41.1 Å². The monoisotopic (exact) mass is 306 g/mol. The Labute approximate surface area is 114 Å². The molecular weight excluding hydrogens is 291 g/mol. The molecule has 1 saturated heterocycles. The van der Waals surface area contributed by atoms with Gasteiger partial charge in [-0.2, -0.15) is 4.31 Å². The van der Waals surface area contributed by atoms with Crippen LogP contribution >= 0.6 is 0 Å². The Morgan fingerprint density at radius 3 is 2.47 bits per heavy atom. The Morgan fingerprint density at radius 2 is 1.89 bits per heavy atom. The summed E-state index contributed by atoms with van der Waals surface area (Å²) >= 11 is 0. The number of nitrogens with zero attached hydrogens (tertiary/aromatic N) is 1. The molecule has 1 fully saturated rings. The Morgan fingerprint density at radius 1 is 1.32 bits per heavy atom. The molecule has 106 valence electrons. The number of aryl methyl sites for hydroxylation is 1. The van der Waals surface area contributed by atoms with E-state index < -0.39 is 31.5 Å². The SMILES string of the molecule is Cc1cc(N)cc(S(=O)(=O)N2CCS(=O)CC2)c1F. The third-order valence-electron chi connectivity index (χ3n) is 3.00. The lowest BCUT2D eigenvalue weighted by Crippen LogP contribution is -2.42. The second-order valence-corrected chi connectivity index (χ2v) is 8.00. The van der Waals surface area contributed by atoms with Crippen molar-refractivity contribution in [2.45, 2.75) is 11.8 Å². The summed E-state index contributed by atoms with van der Waals surface area (Å²) in [6.07, 6.45) is 0. The van der Waals surface area contributed by atoms with E-state index in [4.69, 9.17) is 5.73 Å². The average molecular weight is 306 g/mol. The summed E-state index contributed by atoms with van der Waals surface area (Å²) < 4.78 is 51.1. The van der Waals surface area contributed by atoms with E-state index in [1.54, 1.807) is 0 Å². The van der Waals surface area contributed by atoms with Crippen molar-refractivity contribution in [1.29, 1.82) is 0 Å². The molecule has 2 N–H and O–H groups in total. The summed E-state index contributed by atoms with van der Waals surface area (Å²) in [7, 11) is -4.91. The van der Waals surface area contributed by atoms with Crippen molar-refractivity contribution in [1.82, 2.24) is 4.31 Å². The average Bonchev–Trinajstić information content (AvgIpc) is 2.34. The lowest BCUT2D eigenvalue weighted by molar-refractivity contribution is 0.433. The Hall–Kier alpha value is -0.990. The first-order valence-electron chi connectivity index (χ1n) is 5.73. The van der Waals surface area contributed by atoms with E-state index in [1.165, 1.54) is 13.0 Å². The fourth-order valence-electron chi connectivity index (χ4n) is 1.95. The molecule has 0 saturated carbocycles. The number of rotatable bonds is 2. The third-order valence-corrected chi connectivity index (χ3v) is 6.17. The quantitative estimate of drug-likeness (QED) is 0.805. The van der Waals surface area contributed by atoms with Crippen LogP contribution in [0.4, 0.5) is 10.1 Å². The zero-order valence-electron chi connectivity index (χ0n) is 10.4. The molecule has 2 rings (SSSR count). The van der Waals surface area contributed by atoms with Crippen molar-refractivity contribution in [3.63, 3.8) is 0 Å². The highest BCUT2D eigenvalue weighted by molar-refractivity contribution is 7.89. The van der Waals surface area contributed by atoms with Gasteiger partial charge in [-0.05, 0) is 24.6 Å². The minimum atomic E-state index is -3.92. The molecule has 0 spiro atoms. The lowest BCUT2D eigenvalue weighted by atomic mass is 10.2. The summed E-state index contributed by atoms with van der Waals surface area (Å²) in [5, 5.41) is 0. The van der Waals surface area contributed by atoms with Gasteiger partial charge in [-0.25, -0.2) is 12.8 Å². The van der Waals surface area contributed by atoms with Crippen LogP contribution in [0.15, 0.2) is 17.0 Å².